The summed E-state index contributed by atoms with van der Waals surface area (Å²) in [6.45, 7) is 4.96. The van der Waals surface area contributed by atoms with E-state index < -0.39 is 8.07 Å². The molecule has 0 bridgehead atoms. The van der Waals surface area contributed by atoms with Crippen LogP contribution in [-0.4, -0.2) is 23.0 Å². The van der Waals surface area contributed by atoms with E-state index in [1.165, 1.54) is 54.3 Å². The lowest BCUT2D eigenvalue weighted by Crippen LogP contribution is -2.49. The van der Waals surface area contributed by atoms with E-state index >= 15 is 0 Å². The molecule has 0 N–H and O–H groups in total. The highest BCUT2D eigenvalue weighted by Gasteiger charge is 2.39. The largest absolute Gasteiger partial charge is 0.208 e. The lowest BCUT2D eigenvalue weighted by Gasteiger charge is -2.21. The highest BCUT2D eigenvalue weighted by Crippen LogP contribution is 2.37. The zero-order chi connectivity index (χ0) is 35.5. The Morgan fingerprint density at radius 2 is 0.830 bits per heavy atom. The van der Waals surface area contributed by atoms with Gasteiger partial charge in [-0.05, 0) is 71.4 Å². The Bertz CT molecular complexity index is 2850. The van der Waals surface area contributed by atoms with E-state index in [-0.39, 0.29) is 0 Å². The SMILES string of the molecule is C[Si]1(C)c2cc(-c3nc(-c4ccc(-c5ccccc5)cc4)nc(-c4ccc(-c5ccccc5)c5ccccc45)n3)ccc2-c2ccc3ccccc3c21. The molecule has 0 amide bonds. The summed E-state index contributed by atoms with van der Waals surface area (Å²) in [5, 5.41) is 7.89. The molecule has 1 aromatic heterocycles. The summed E-state index contributed by atoms with van der Waals surface area (Å²) in [5.41, 5.74) is 10.4. The van der Waals surface area contributed by atoms with Gasteiger partial charge in [0, 0.05) is 16.7 Å². The van der Waals surface area contributed by atoms with Crippen LogP contribution in [0.4, 0.5) is 0 Å². The molecule has 53 heavy (non-hydrogen) atoms. The van der Waals surface area contributed by atoms with Crippen molar-refractivity contribution in [2.45, 2.75) is 13.1 Å². The summed E-state index contributed by atoms with van der Waals surface area (Å²) in [6.07, 6.45) is 0. The molecule has 1 aliphatic heterocycles. The van der Waals surface area contributed by atoms with E-state index in [0.717, 1.165) is 27.6 Å². The number of aromatic nitrogens is 3. The van der Waals surface area contributed by atoms with Gasteiger partial charge < -0.3 is 0 Å². The fraction of sp³-hybridized carbons (Fsp3) is 0.0408. The fourth-order valence-electron chi connectivity index (χ4n) is 8.30. The van der Waals surface area contributed by atoms with E-state index in [1.54, 1.807) is 0 Å². The Labute approximate surface area is 310 Å². The number of fused-ring (bicyclic) bond motifs is 6. The molecule has 8 aromatic carbocycles. The number of hydrogen-bond donors (Lipinski definition) is 0. The monoisotopic (exact) mass is 693 g/mol. The topological polar surface area (TPSA) is 38.7 Å². The lowest BCUT2D eigenvalue weighted by atomic mass is 9.94. The van der Waals surface area contributed by atoms with Crippen LogP contribution in [0.15, 0.2) is 176 Å². The maximum atomic E-state index is 5.28. The van der Waals surface area contributed by atoms with Gasteiger partial charge in [0.05, 0.1) is 0 Å². The van der Waals surface area contributed by atoms with Gasteiger partial charge in [0.1, 0.15) is 8.07 Å². The molecular weight excluding hydrogens is 659 g/mol. The summed E-state index contributed by atoms with van der Waals surface area (Å²) in [7, 11) is -2.05. The average Bonchev–Trinajstić information content (AvgIpc) is 3.46. The molecule has 250 valence electrons. The maximum Gasteiger partial charge on any atom is 0.164 e. The van der Waals surface area contributed by atoms with Crippen LogP contribution in [0.1, 0.15) is 0 Å². The van der Waals surface area contributed by atoms with Gasteiger partial charge in [-0.15, -0.1) is 0 Å². The summed E-state index contributed by atoms with van der Waals surface area (Å²) in [6, 6.07) is 62.8. The predicted octanol–water partition coefficient (Wildman–Crippen LogP) is 11.3. The Hall–Kier alpha value is -6.49. The predicted molar refractivity (Wildman–Crippen MR) is 224 cm³/mol. The molecular formula is C49H35N3Si. The minimum Gasteiger partial charge on any atom is -0.208 e. The van der Waals surface area contributed by atoms with Crippen LogP contribution < -0.4 is 10.4 Å². The number of nitrogens with zero attached hydrogens (tertiary/aromatic N) is 3. The zero-order valence-electron chi connectivity index (χ0n) is 29.6. The summed E-state index contributed by atoms with van der Waals surface area (Å²) in [5.74, 6) is 2.01. The van der Waals surface area contributed by atoms with Crippen molar-refractivity contribution < 1.29 is 0 Å². The molecule has 9 aromatic rings. The first-order valence-corrected chi connectivity index (χ1v) is 21.2. The van der Waals surface area contributed by atoms with Gasteiger partial charge in [-0.25, -0.2) is 15.0 Å². The van der Waals surface area contributed by atoms with Crippen LogP contribution in [0.2, 0.25) is 13.1 Å². The van der Waals surface area contributed by atoms with Crippen molar-refractivity contribution >= 4 is 40.0 Å². The van der Waals surface area contributed by atoms with Crippen molar-refractivity contribution in [3.8, 4) is 67.5 Å². The first kappa shape index (κ1) is 31.3. The molecule has 4 heteroatoms. The van der Waals surface area contributed by atoms with Gasteiger partial charge in [-0.2, -0.15) is 0 Å². The number of benzene rings is 8. The number of hydrogen-bond acceptors (Lipinski definition) is 3. The molecule has 0 aliphatic carbocycles. The van der Waals surface area contributed by atoms with E-state index in [2.05, 4.69) is 183 Å². The quantitative estimate of drug-likeness (QED) is 0.168. The van der Waals surface area contributed by atoms with Gasteiger partial charge in [0.25, 0.3) is 0 Å². The van der Waals surface area contributed by atoms with E-state index in [1.807, 2.05) is 6.07 Å². The molecule has 10 rings (SSSR count). The molecule has 2 heterocycles. The second kappa shape index (κ2) is 12.3. The van der Waals surface area contributed by atoms with Crippen molar-refractivity contribution in [3.05, 3.63) is 176 Å². The molecule has 1 aliphatic rings. The minimum atomic E-state index is -2.05. The third-order valence-electron chi connectivity index (χ3n) is 10.9. The van der Waals surface area contributed by atoms with Crippen LogP contribution in [0, 0.1) is 0 Å². The second-order valence-corrected chi connectivity index (χ2v) is 18.7. The van der Waals surface area contributed by atoms with Crippen LogP contribution in [0.3, 0.4) is 0 Å². The summed E-state index contributed by atoms with van der Waals surface area (Å²) >= 11 is 0. The van der Waals surface area contributed by atoms with Gasteiger partial charge >= 0.3 is 0 Å². The molecule has 0 spiro atoms. The molecule has 0 radical (unpaired) electrons. The summed E-state index contributed by atoms with van der Waals surface area (Å²) in [4.78, 5) is 15.7. The first-order valence-electron chi connectivity index (χ1n) is 18.2. The average molecular weight is 694 g/mol. The highest BCUT2D eigenvalue weighted by molar-refractivity contribution is 7.05. The van der Waals surface area contributed by atoms with Gasteiger partial charge in [-0.1, -0.05) is 183 Å². The molecule has 0 saturated heterocycles. The Balaban J connectivity index is 1.15. The summed E-state index contributed by atoms with van der Waals surface area (Å²) < 4.78 is 0. The highest BCUT2D eigenvalue weighted by atomic mass is 28.3. The minimum absolute atomic E-state index is 0.659. The van der Waals surface area contributed by atoms with E-state index in [4.69, 9.17) is 15.0 Å². The Morgan fingerprint density at radius 3 is 1.57 bits per heavy atom. The molecule has 0 fully saturated rings. The molecule has 0 atom stereocenters. The van der Waals surface area contributed by atoms with Crippen molar-refractivity contribution in [3.63, 3.8) is 0 Å². The Morgan fingerprint density at radius 1 is 0.340 bits per heavy atom. The smallest absolute Gasteiger partial charge is 0.164 e. The van der Waals surface area contributed by atoms with Crippen molar-refractivity contribution in [1.29, 1.82) is 0 Å². The van der Waals surface area contributed by atoms with Crippen LogP contribution >= 0.6 is 0 Å². The first-order chi connectivity index (χ1) is 26.0. The normalized spacial score (nSPS) is 12.9. The lowest BCUT2D eigenvalue weighted by molar-refractivity contribution is 1.08. The standard InChI is InChI=1S/C49H35N3Si/c1-53(2)45-31-37(26-27-42(45)43-28-25-35-17-9-10-18-39(35)46(43)53)48-50-47(36-23-21-33(22-24-36)32-13-5-3-6-14-32)51-49(52-48)44-30-29-38(34-15-7-4-8-16-34)40-19-11-12-20-41(40)44/h3-31H,1-2H3. The fourth-order valence-corrected chi connectivity index (χ4v) is 11.8. The van der Waals surface area contributed by atoms with Gasteiger partial charge in [-0.3, -0.25) is 0 Å². The third-order valence-corrected chi connectivity index (χ3v) is 14.5. The second-order valence-electron chi connectivity index (χ2n) is 14.4. The maximum absolute atomic E-state index is 5.28. The van der Waals surface area contributed by atoms with Crippen molar-refractivity contribution in [2.75, 3.05) is 0 Å². The van der Waals surface area contributed by atoms with Gasteiger partial charge in [0.15, 0.2) is 17.5 Å². The zero-order valence-corrected chi connectivity index (χ0v) is 30.6. The molecule has 3 nitrogen and oxygen atoms in total. The molecule has 0 unspecified atom stereocenters. The Kier molecular flexibility index (Phi) is 7.27. The van der Waals surface area contributed by atoms with Crippen LogP contribution in [0.5, 0.6) is 0 Å². The van der Waals surface area contributed by atoms with E-state index in [0.29, 0.717) is 17.5 Å². The van der Waals surface area contributed by atoms with Crippen LogP contribution in [0.25, 0.3) is 89.1 Å². The van der Waals surface area contributed by atoms with Gasteiger partial charge in [0.2, 0.25) is 0 Å². The molecule has 0 saturated carbocycles. The van der Waals surface area contributed by atoms with Crippen molar-refractivity contribution in [1.82, 2.24) is 15.0 Å². The van der Waals surface area contributed by atoms with Crippen LogP contribution in [-0.2, 0) is 0 Å². The van der Waals surface area contributed by atoms with E-state index in [9.17, 15) is 0 Å². The van der Waals surface area contributed by atoms with Crippen molar-refractivity contribution in [2.24, 2.45) is 0 Å². The number of rotatable bonds is 5. The third kappa shape index (κ3) is 5.22.